The quantitative estimate of drug-likeness (QED) is 0.871. The average Bonchev–Trinajstić information content (AvgIpc) is 2.87. The molecule has 0 aliphatic rings. The van der Waals surface area contributed by atoms with Crippen LogP contribution in [0.3, 0.4) is 0 Å². The molecule has 2 nitrogen and oxygen atoms in total. The lowest BCUT2D eigenvalue weighted by Gasteiger charge is -2.09. The van der Waals surface area contributed by atoms with Gasteiger partial charge in [-0.2, -0.15) is 11.3 Å². The van der Waals surface area contributed by atoms with Crippen molar-refractivity contribution in [1.82, 2.24) is 5.32 Å². The monoisotopic (exact) mass is 325 g/mol. The van der Waals surface area contributed by atoms with Crippen LogP contribution < -0.4 is 10.1 Å². The number of hydrogen-bond donors (Lipinski definition) is 1. The molecule has 2 rings (SSSR count). The molecule has 4 heteroatoms. The van der Waals surface area contributed by atoms with Gasteiger partial charge in [0.25, 0.3) is 0 Å². The van der Waals surface area contributed by atoms with Crippen LogP contribution in [0.4, 0.5) is 0 Å². The van der Waals surface area contributed by atoms with Crippen LogP contribution in [0.25, 0.3) is 0 Å². The van der Waals surface area contributed by atoms with Crippen molar-refractivity contribution in [3.05, 3.63) is 50.6 Å². The van der Waals surface area contributed by atoms with Crippen LogP contribution in [-0.4, -0.2) is 13.7 Å². The van der Waals surface area contributed by atoms with Gasteiger partial charge in [0.15, 0.2) is 0 Å². The molecule has 0 radical (unpaired) electrons. The third kappa shape index (κ3) is 3.83. The molecule has 1 aromatic heterocycles. The van der Waals surface area contributed by atoms with E-state index in [4.69, 9.17) is 4.74 Å². The zero-order chi connectivity index (χ0) is 12.8. The van der Waals surface area contributed by atoms with Crippen LogP contribution in [0.1, 0.15) is 11.1 Å². The highest BCUT2D eigenvalue weighted by Crippen LogP contribution is 2.22. The minimum atomic E-state index is 0.720. The maximum atomic E-state index is 5.78. The van der Waals surface area contributed by atoms with Gasteiger partial charge in [0.1, 0.15) is 5.75 Å². The minimum absolute atomic E-state index is 0.720. The molecule has 0 atom stereocenters. The summed E-state index contributed by atoms with van der Waals surface area (Å²) in [6.07, 6.45) is 0.959. The Kier molecular flexibility index (Phi) is 5.23. The second-order valence-corrected chi connectivity index (χ2v) is 5.65. The summed E-state index contributed by atoms with van der Waals surface area (Å²) in [5.41, 5.74) is 2.55. The van der Waals surface area contributed by atoms with Gasteiger partial charge in [-0.1, -0.05) is 15.9 Å². The lowest BCUT2D eigenvalue weighted by molar-refractivity contribution is 0.321. The Morgan fingerprint density at radius 2 is 2.22 bits per heavy atom. The Hall–Kier alpha value is -0.840. The highest BCUT2D eigenvalue weighted by Gasteiger charge is 2.02. The van der Waals surface area contributed by atoms with Crippen LogP contribution in [0.5, 0.6) is 5.75 Å². The topological polar surface area (TPSA) is 21.3 Å². The van der Waals surface area contributed by atoms with Gasteiger partial charge in [-0.3, -0.25) is 0 Å². The minimum Gasteiger partial charge on any atom is -0.493 e. The van der Waals surface area contributed by atoms with Crippen LogP contribution in [0.2, 0.25) is 0 Å². The van der Waals surface area contributed by atoms with E-state index in [2.05, 4.69) is 44.1 Å². The molecule has 0 aliphatic heterocycles. The van der Waals surface area contributed by atoms with E-state index >= 15 is 0 Å². The molecule has 0 saturated heterocycles. The summed E-state index contributed by atoms with van der Waals surface area (Å²) in [6.45, 7) is 1.56. The molecular formula is C14H16BrNOS. The predicted molar refractivity (Wildman–Crippen MR) is 80.4 cm³/mol. The Labute approximate surface area is 120 Å². The first kappa shape index (κ1) is 13.6. The Morgan fingerprint density at radius 1 is 1.33 bits per heavy atom. The van der Waals surface area contributed by atoms with Gasteiger partial charge in [-0.25, -0.2) is 0 Å². The number of hydrogen-bond acceptors (Lipinski definition) is 3. The lowest BCUT2D eigenvalue weighted by Crippen LogP contribution is -2.06. The molecule has 1 aromatic carbocycles. The predicted octanol–water partition coefficient (Wildman–Crippen LogP) is 3.85. The largest absolute Gasteiger partial charge is 0.493 e. The van der Waals surface area contributed by atoms with E-state index in [-0.39, 0.29) is 0 Å². The summed E-state index contributed by atoms with van der Waals surface area (Å²) in [7, 11) is 1.94. The summed E-state index contributed by atoms with van der Waals surface area (Å²) in [5, 5.41) is 7.41. The van der Waals surface area contributed by atoms with Crippen LogP contribution >= 0.6 is 27.3 Å². The molecular weight excluding hydrogens is 310 g/mol. The molecule has 1 heterocycles. The van der Waals surface area contributed by atoms with E-state index in [1.54, 1.807) is 11.3 Å². The molecule has 1 N–H and O–H groups in total. The highest BCUT2D eigenvalue weighted by molar-refractivity contribution is 9.10. The fraction of sp³-hybridized carbons (Fsp3) is 0.286. The molecule has 0 bridgehead atoms. The summed E-state index contributed by atoms with van der Waals surface area (Å²) in [6, 6.07) is 8.25. The second-order valence-electron chi connectivity index (χ2n) is 4.01. The Balaban J connectivity index is 1.90. The molecule has 2 aromatic rings. The van der Waals surface area contributed by atoms with Crippen LogP contribution in [-0.2, 0) is 13.0 Å². The van der Waals surface area contributed by atoms with Crippen molar-refractivity contribution in [3.63, 3.8) is 0 Å². The molecule has 0 unspecified atom stereocenters. The smallest absolute Gasteiger partial charge is 0.119 e. The fourth-order valence-electron chi connectivity index (χ4n) is 1.69. The summed E-state index contributed by atoms with van der Waals surface area (Å²) in [5.74, 6) is 0.929. The molecule has 0 aliphatic carbocycles. The SMILES string of the molecule is CNCc1cc(OCCc2ccsc2)ccc1Br. The van der Waals surface area contributed by atoms with Gasteiger partial charge in [-0.05, 0) is 53.2 Å². The Morgan fingerprint density at radius 3 is 2.94 bits per heavy atom. The van der Waals surface area contributed by atoms with Gasteiger partial charge in [0, 0.05) is 17.4 Å². The average molecular weight is 326 g/mol. The number of thiophene rings is 1. The van der Waals surface area contributed by atoms with E-state index in [0.717, 1.165) is 29.8 Å². The van der Waals surface area contributed by atoms with Gasteiger partial charge in [0.05, 0.1) is 6.61 Å². The molecule has 18 heavy (non-hydrogen) atoms. The number of benzene rings is 1. The third-order valence-corrected chi connectivity index (χ3v) is 4.13. The van der Waals surface area contributed by atoms with Crippen molar-refractivity contribution in [2.24, 2.45) is 0 Å². The van der Waals surface area contributed by atoms with E-state index < -0.39 is 0 Å². The third-order valence-electron chi connectivity index (χ3n) is 2.62. The maximum absolute atomic E-state index is 5.78. The van der Waals surface area contributed by atoms with Gasteiger partial charge in [0.2, 0.25) is 0 Å². The standard InChI is InChI=1S/C14H16BrNOS/c1-16-9-12-8-13(2-3-14(12)15)17-6-4-11-5-7-18-10-11/h2-3,5,7-8,10,16H,4,6,9H2,1H3. The van der Waals surface area contributed by atoms with Crippen molar-refractivity contribution in [2.75, 3.05) is 13.7 Å². The van der Waals surface area contributed by atoms with Gasteiger partial charge in [-0.15, -0.1) is 0 Å². The maximum Gasteiger partial charge on any atom is 0.119 e. The molecule has 0 saturated carbocycles. The zero-order valence-electron chi connectivity index (χ0n) is 10.3. The number of ether oxygens (including phenoxy) is 1. The first-order valence-corrected chi connectivity index (χ1v) is 7.60. The van der Waals surface area contributed by atoms with E-state index in [1.165, 1.54) is 11.1 Å². The fourth-order valence-corrected chi connectivity index (χ4v) is 2.78. The molecule has 96 valence electrons. The molecule has 0 spiro atoms. The van der Waals surface area contributed by atoms with E-state index in [1.807, 2.05) is 19.2 Å². The van der Waals surface area contributed by atoms with Crippen molar-refractivity contribution in [2.45, 2.75) is 13.0 Å². The first-order valence-electron chi connectivity index (χ1n) is 5.86. The molecule has 0 amide bonds. The lowest BCUT2D eigenvalue weighted by atomic mass is 10.2. The summed E-state index contributed by atoms with van der Waals surface area (Å²) >= 11 is 5.26. The zero-order valence-corrected chi connectivity index (χ0v) is 12.7. The van der Waals surface area contributed by atoms with Gasteiger partial charge < -0.3 is 10.1 Å². The number of halogens is 1. The van der Waals surface area contributed by atoms with E-state index in [0.29, 0.717) is 0 Å². The number of nitrogens with one attached hydrogen (secondary N) is 1. The van der Waals surface area contributed by atoms with Crippen molar-refractivity contribution in [3.8, 4) is 5.75 Å². The number of rotatable bonds is 6. The Bertz CT molecular complexity index is 485. The van der Waals surface area contributed by atoms with E-state index in [9.17, 15) is 0 Å². The van der Waals surface area contributed by atoms with Crippen LogP contribution in [0.15, 0.2) is 39.5 Å². The molecule has 0 fully saturated rings. The van der Waals surface area contributed by atoms with Crippen LogP contribution in [0, 0.1) is 0 Å². The highest BCUT2D eigenvalue weighted by atomic mass is 79.9. The van der Waals surface area contributed by atoms with Crippen molar-refractivity contribution >= 4 is 27.3 Å². The normalized spacial score (nSPS) is 10.6. The van der Waals surface area contributed by atoms with Crippen molar-refractivity contribution < 1.29 is 4.74 Å². The first-order chi connectivity index (χ1) is 8.79. The summed E-state index contributed by atoms with van der Waals surface area (Å²) in [4.78, 5) is 0. The van der Waals surface area contributed by atoms with Gasteiger partial charge >= 0.3 is 0 Å². The van der Waals surface area contributed by atoms with Crippen molar-refractivity contribution in [1.29, 1.82) is 0 Å². The second kappa shape index (κ2) is 6.92. The summed E-state index contributed by atoms with van der Waals surface area (Å²) < 4.78 is 6.89.